The minimum absolute atomic E-state index is 0.0213. The van der Waals surface area contributed by atoms with E-state index in [2.05, 4.69) is 10.1 Å². The van der Waals surface area contributed by atoms with Gasteiger partial charge in [-0.25, -0.2) is 4.79 Å². The molecule has 2 aromatic carbocycles. The second-order valence-corrected chi connectivity index (χ2v) is 5.44. The van der Waals surface area contributed by atoms with Gasteiger partial charge < -0.3 is 19.9 Å². The Labute approximate surface area is 156 Å². The molecule has 1 amide bonds. The summed E-state index contributed by atoms with van der Waals surface area (Å²) in [6.45, 7) is 0.399. The van der Waals surface area contributed by atoms with Crippen LogP contribution in [0.25, 0.3) is 6.08 Å². The molecule has 0 aliphatic carbocycles. The number of methoxy groups -OCH3 is 1. The lowest BCUT2D eigenvalue weighted by Gasteiger charge is -2.08. The molecule has 0 atom stereocenters. The van der Waals surface area contributed by atoms with Gasteiger partial charge >= 0.3 is 6.16 Å². The van der Waals surface area contributed by atoms with E-state index in [-0.39, 0.29) is 17.1 Å². The second-order valence-electron chi connectivity index (χ2n) is 5.44. The van der Waals surface area contributed by atoms with E-state index in [4.69, 9.17) is 9.84 Å². The fourth-order valence-electron chi connectivity index (χ4n) is 2.33. The highest BCUT2D eigenvalue weighted by Gasteiger charge is 2.12. The number of amides is 1. The van der Waals surface area contributed by atoms with Crippen molar-refractivity contribution in [2.75, 3.05) is 13.7 Å². The van der Waals surface area contributed by atoms with Crippen LogP contribution in [0.3, 0.4) is 0 Å². The molecule has 0 fully saturated rings. The van der Waals surface area contributed by atoms with Crippen LogP contribution in [0.4, 0.5) is 4.79 Å². The van der Waals surface area contributed by atoms with Crippen molar-refractivity contribution in [3.63, 3.8) is 0 Å². The summed E-state index contributed by atoms with van der Waals surface area (Å²) in [7, 11) is 1.36. The Balaban J connectivity index is 2.07. The highest BCUT2D eigenvalue weighted by atomic mass is 16.7. The molecule has 0 bridgehead atoms. The number of carbonyl (C=O) groups excluding carboxylic acids is 1. The summed E-state index contributed by atoms with van der Waals surface area (Å²) in [5.74, 6) is -0.292. The van der Waals surface area contributed by atoms with Gasteiger partial charge in [-0.3, -0.25) is 4.79 Å². The fraction of sp³-hybridized carbons (Fsp3) is 0.150. The summed E-state index contributed by atoms with van der Waals surface area (Å²) in [5, 5.41) is 20.7. The molecule has 7 nitrogen and oxygen atoms in total. The van der Waals surface area contributed by atoms with Crippen molar-refractivity contribution in [3.8, 4) is 17.6 Å². The van der Waals surface area contributed by atoms with Crippen LogP contribution in [0.1, 0.15) is 11.1 Å². The molecule has 0 saturated carbocycles. The van der Waals surface area contributed by atoms with E-state index in [0.717, 1.165) is 5.56 Å². The number of hydrogen-bond acceptors (Lipinski definition) is 5. The lowest BCUT2D eigenvalue weighted by molar-refractivity contribution is -0.117. The number of nitrogens with one attached hydrogen (secondary N) is 1. The minimum atomic E-state index is -1.47. The molecule has 27 heavy (non-hydrogen) atoms. The Kier molecular flexibility index (Phi) is 6.97. The van der Waals surface area contributed by atoms with Gasteiger partial charge in [-0.1, -0.05) is 36.4 Å². The molecule has 0 spiro atoms. The van der Waals surface area contributed by atoms with E-state index in [1.54, 1.807) is 0 Å². The van der Waals surface area contributed by atoms with Crippen molar-refractivity contribution in [1.82, 2.24) is 5.32 Å². The van der Waals surface area contributed by atoms with Gasteiger partial charge in [0.05, 0.1) is 7.11 Å². The van der Waals surface area contributed by atoms with Crippen molar-refractivity contribution in [3.05, 3.63) is 65.2 Å². The first kappa shape index (κ1) is 19.5. The number of nitrogens with zero attached hydrogens (tertiary/aromatic N) is 1. The second kappa shape index (κ2) is 9.63. The zero-order valence-electron chi connectivity index (χ0n) is 14.6. The summed E-state index contributed by atoms with van der Waals surface area (Å²) in [6.07, 6.45) is 0.581. The first-order chi connectivity index (χ1) is 13.0. The zero-order valence-corrected chi connectivity index (χ0v) is 14.6. The van der Waals surface area contributed by atoms with Crippen molar-refractivity contribution in [2.24, 2.45) is 0 Å². The standard InChI is InChI=1S/C20H18N2O5/c1-26-18-12-15(7-8-17(18)27-20(24)25)11-16(13-21)19(23)22-10-9-14-5-3-2-4-6-14/h2-8,11-12H,9-10H2,1H3,(H,22,23)(H,24,25). The number of ether oxygens (including phenoxy) is 2. The number of carboxylic acid groups (broad SMARTS) is 1. The van der Waals surface area contributed by atoms with E-state index >= 15 is 0 Å². The Morgan fingerprint density at radius 1 is 1.19 bits per heavy atom. The molecule has 0 aliphatic rings. The third-order valence-corrected chi connectivity index (χ3v) is 3.60. The molecular formula is C20H18N2O5. The summed E-state index contributed by atoms with van der Waals surface area (Å²) in [6, 6.07) is 15.9. The van der Waals surface area contributed by atoms with E-state index in [1.807, 2.05) is 36.4 Å². The maximum absolute atomic E-state index is 12.2. The van der Waals surface area contributed by atoms with Crippen molar-refractivity contribution < 1.29 is 24.2 Å². The zero-order chi connectivity index (χ0) is 19.6. The van der Waals surface area contributed by atoms with Gasteiger partial charge in [-0.2, -0.15) is 5.26 Å². The van der Waals surface area contributed by atoms with Crippen LogP contribution in [0.2, 0.25) is 0 Å². The number of carbonyl (C=O) groups is 2. The van der Waals surface area contributed by atoms with Gasteiger partial charge in [0.25, 0.3) is 5.91 Å². The maximum atomic E-state index is 12.2. The van der Waals surface area contributed by atoms with E-state index in [0.29, 0.717) is 18.5 Å². The summed E-state index contributed by atoms with van der Waals surface area (Å²) >= 11 is 0. The lowest BCUT2D eigenvalue weighted by atomic mass is 10.1. The molecule has 2 rings (SSSR count). The fourth-order valence-corrected chi connectivity index (χ4v) is 2.33. The third-order valence-electron chi connectivity index (χ3n) is 3.60. The van der Waals surface area contributed by atoms with Crippen LogP contribution >= 0.6 is 0 Å². The number of rotatable bonds is 7. The summed E-state index contributed by atoms with van der Waals surface area (Å²) < 4.78 is 9.67. The van der Waals surface area contributed by atoms with Crippen molar-refractivity contribution >= 4 is 18.1 Å². The SMILES string of the molecule is COc1cc(C=C(C#N)C(=O)NCCc2ccccc2)ccc1OC(=O)O. The van der Waals surface area contributed by atoms with E-state index in [9.17, 15) is 14.9 Å². The average Bonchev–Trinajstić information content (AvgIpc) is 2.67. The molecule has 0 unspecified atom stereocenters. The Hall–Kier alpha value is -3.79. The van der Waals surface area contributed by atoms with Gasteiger partial charge in [-0.15, -0.1) is 0 Å². The van der Waals surface area contributed by atoms with Gasteiger partial charge in [0, 0.05) is 6.54 Å². The van der Waals surface area contributed by atoms with Crippen molar-refractivity contribution in [2.45, 2.75) is 6.42 Å². The number of hydrogen-bond donors (Lipinski definition) is 2. The average molecular weight is 366 g/mol. The molecule has 0 aliphatic heterocycles. The molecule has 2 aromatic rings. The maximum Gasteiger partial charge on any atom is 0.511 e. The van der Waals surface area contributed by atoms with Gasteiger partial charge in [0.1, 0.15) is 11.6 Å². The lowest BCUT2D eigenvalue weighted by Crippen LogP contribution is -2.26. The quantitative estimate of drug-likeness (QED) is 0.337. The normalized spacial score (nSPS) is 10.6. The Morgan fingerprint density at radius 3 is 2.56 bits per heavy atom. The smallest absolute Gasteiger partial charge is 0.493 e. The Morgan fingerprint density at radius 2 is 1.93 bits per heavy atom. The molecule has 0 aromatic heterocycles. The van der Waals surface area contributed by atoms with Crippen LogP contribution in [0.5, 0.6) is 11.5 Å². The Bertz CT molecular complexity index is 885. The highest BCUT2D eigenvalue weighted by Crippen LogP contribution is 2.29. The molecule has 0 saturated heterocycles. The summed E-state index contributed by atoms with van der Waals surface area (Å²) in [4.78, 5) is 22.9. The largest absolute Gasteiger partial charge is 0.511 e. The molecular weight excluding hydrogens is 348 g/mol. The predicted octanol–water partition coefficient (Wildman–Crippen LogP) is 3.02. The van der Waals surface area contributed by atoms with Gasteiger partial charge in [0.15, 0.2) is 11.5 Å². The van der Waals surface area contributed by atoms with Crippen LogP contribution in [-0.4, -0.2) is 30.8 Å². The van der Waals surface area contributed by atoms with Crippen molar-refractivity contribution in [1.29, 1.82) is 5.26 Å². The summed E-state index contributed by atoms with van der Waals surface area (Å²) in [5.41, 5.74) is 1.51. The molecule has 0 heterocycles. The number of benzene rings is 2. The van der Waals surface area contributed by atoms with Gasteiger partial charge in [-0.05, 0) is 35.8 Å². The first-order valence-corrected chi connectivity index (χ1v) is 8.06. The topological polar surface area (TPSA) is 109 Å². The molecule has 0 radical (unpaired) electrons. The van der Waals surface area contributed by atoms with E-state index in [1.165, 1.54) is 31.4 Å². The van der Waals surface area contributed by atoms with Crippen LogP contribution in [-0.2, 0) is 11.2 Å². The van der Waals surface area contributed by atoms with Crippen LogP contribution in [0.15, 0.2) is 54.1 Å². The predicted molar refractivity (Wildman–Crippen MR) is 98.4 cm³/mol. The third kappa shape index (κ3) is 5.90. The number of nitriles is 1. The van der Waals surface area contributed by atoms with E-state index < -0.39 is 12.1 Å². The molecule has 138 valence electrons. The van der Waals surface area contributed by atoms with Crippen LogP contribution < -0.4 is 14.8 Å². The monoisotopic (exact) mass is 366 g/mol. The van der Waals surface area contributed by atoms with Gasteiger partial charge in [0.2, 0.25) is 0 Å². The first-order valence-electron chi connectivity index (χ1n) is 8.06. The molecule has 2 N–H and O–H groups in total. The molecule has 7 heteroatoms. The highest BCUT2D eigenvalue weighted by molar-refractivity contribution is 6.01. The minimum Gasteiger partial charge on any atom is -0.493 e. The van der Waals surface area contributed by atoms with Crippen LogP contribution in [0, 0.1) is 11.3 Å².